The third-order valence-electron chi connectivity index (χ3n) is 1.83. The van der Waals surface area contributed by atoms with Crippen LogP contribution in [0.15, 0.2) is 24.3 Å². The van der Waals surface area contributed by atoms with E-state index in [1.807, 2.05) is 0 Å². The van der Waals surface area contributed by atoms with Crippen LogP contribution < -0.4 is 4.74 Å². The van der Waals surface area contributed by atoms with E-state index in [0.717, 1.165) is 17.6 Å². The monoisotopic (exact) mass is 231 g/mol. The normalized spacial score (nSPS) is 11.9. The Balaban J connectivity index is 2.51. The molecule has 0 spiro atoms. The van der Waals surface area contributed by atoms with Gasteiger partial charge in [-0.15, -0.1) is 0 Å². The van der Waals surface area contributed by atoms with Crippen molar-refractivity contribution in [3.8, 4) is 5.75 Å². The Morgan fingerprint density at radius 2 is 1.88 bits per heavy atom. The molecule has 90 valence electrons. The van der Waals surface area contributed by atoms with Crippen LogP contribution in [0.2, 0.25) is 0 Å². The van der Waals surface area contributed by atoms with Gasteiger partial charge in [0.15, 0.2) is 6.61 Å². The largest absolute Gasteiger partial charge is 0.487 e. The first-order chi connectivity index (χ1) is 7.37. The topological polar surface area (TPSA) is 32.7 Å². The summed E-state index contributed by atoms with van der Waals surface area (Å²) in [5.74, 6) is -2.44. The van der Waals surface area contributed by atoms with Crippen LogP contribution in [0, 0.1) is 0 Å². The van der Waals surface area contributed by atoms with Crippen LogP contribution in [-0.4, -0.2) is 29.8 Å². The summed E-state index contributed by atoms with van der Waals surface area (Å²) in [5, 5.41) is 10.0. The number of hydrogen-bond acceptors (Lipinski definition) is 3. The van der Waals surface area contributed by atoms with E-state index in [0.29, 0.717) is 12.3 Å². The van der Waals surface area contributed by atoms with Crippen LogP contribution in [0.4, 0.5) is 8.78 Å². The van der Waals surface area contributed by atoms with E-state index < -0.39 is 12.5 Å². The minimum Gasteiger partial charge on any atom is -0.487 e. The first-order valence-electron chi connectivity index (χ1n) is 4.86. The number of halogens is 2. The molecule has 0 saturated carbocycles. The standard InChI is InChI=1S/C11H15F2NO2/c1-11(12,13)8-16-10-5-3-9(4-6-10)7-14(2)15/h3-6,15H,7-8H2,1-2H3. The summed E-state index contributed by atoms with van der Waals surface area (Å²) in [5.41, 5.74) is 0.876. The van der Waals surface area contributed by atoms with Gasteiger partial charge in [-0.25, -0.2) is 8.78 Å². The Hall–Kier alpha value is -1.20. The van der Waals surface area contributed by atoms with Crippen molar-refractivity contribution in [2.45, 2.75) is 19.4 Å². The highest BCUT2D eigenvalue weighted by atomic mass is 19.3. The maximum Gasteiger partial charge on any atom is 0.278 e. The van der Waals surface area contributed by atoms with E-state index in [-0.39, 0.29) is 0 Å². The second-order valence-corrected chi connectivity index (χ2v) is 3.82. The zero-order valence-electron chi connectivity index (χ0n) is 9.28. The molecule has 1 rings (SSSR count). The summed E-state index contributed by atoms with van der Waals surface area (Å²) in [7, 11) is 1.53. The number of ether oxygens (including phenoxy) is 1. The van der Waals surface area contributed by atoms with Crippen molar-refractivity contribution in [2.75, 3.05) is 13.7 Å². The lowest BCUT2D eigenvalue weighted by Gasteiger charge is -2.12. The third-order valence-corrected chi connectivity index (χ3v) is 1.83. The van der Waals surface area contributed by atoms with E-state index in [1.54, 1.807) is 24.3 Å². The van der Waals surface area contributed by atoms with Gasteiger partial charge in [0.2, 0.25) is 0 Å². The van der Waals surface area contributed by atoms with Crippen LogP contribution in [0.1, 0.15) is 12.5 Å². The molecule has 1 aromatic carbocycles. The van der Waals surface area contributed by atoms with E-state index in [2.05, 4.69) is 0 Å². The molecule has 0 fully saturated rings. The molecule has 0 atom stereocenters. The summed E-state index contributed by atoms with van der Waals surface area (Å²) in [6.07, 6.45) is 0. The fraction of sp³-hybridized carbons (Fsp3) is 0.455. The van der Waals surface area contributed by atoms with E-state index in [4.69, 9.17) is 9.94 Å². The SMILES string of the molecule is CN(O)Cc1ccc(OCC(C)(F)F)cc1. The number of hydroxylamine groups is 2. The molecule has 0 amide bonds. The van der Waals surface area contributed by atoms with Crippen molar-refractivity contribution in [3.63, 3.8) is 0 Å². The molecular weight excluding hydrogens is 216 g/mol. The molecule has 1 N–H and O–H groups in total. The number of benzene rings is 1. The molecule has 0 aromatic heterocycles. The van der Waals surface area contributed by atoms with Gasteiger partial charge in [0.25, 0.3) is 5.92 Å². The highest BCUT2D eigenvalue weighted by molar-refractivity contribution is 5.27. The molecule has 0 bridgehead atoms. The van der Waals surface area contributed by atoms with Gasteiger partial charge >= 0.3 is 0 Å². The lowest BCUT2D eigenvalue weighted by atomic mass is 10.2. The highest BCUT2D eigenvalue weighted by Gasteiger charge is 2.21. The second kappa shape index (κ2) is 5.23. The maximum absolute atomic E-state index is 12.5. The third kappa shape index (κ3) is 5.04. The van der Waals surface area contributed by atoms with Crippen molar-refractivity contribution in [1.29, 1.82) is 0 Å². The van der Waals surface area contributed by atoms with Gasteiger partial charge in [0.05, 0.1) is 0 Å². The van der Waals surface area contributed by atoms with E-state index in [9.17, 15) is 8.78 Å². The Morgan fingerprint density at radius 3 is 2.31 bits per heavy atom. The van der Waals surface area contributed by atoms with Crippen LogP contribution >= 0.6 is 0 Å². The summed E-state index contributed by atoms with van der Waals surface area (Å²) in [6, 6.07) is 6.64. The van der Waals surface area contributed by atoms with E-state index >= 15 is 0 Å². The van der Waals surface area contributed by atoms with Crippen LogP contribution in [0.25, 0.3) is 0 Å². The molecule has 0 saturated heterocycles. The van der Waals surface area contributed by atoms with Crippen LogP contribution in [-0.2, 0) is 6.54 Å². The van der Waals surface area contributed by atoms with Crippen molar-refractivity contribution in [2.24, 2.45) is 0 Å². The fourth-order valence-electron chi connectivity index (χ4n) is 1.17. The molecular formula is C11H15F2NO2. The summed E-state index contributed by atoms with van der Waals surface area (Å²) < 4.78 is 29.9. The molecule has 1 aromatic rings. The van der Waals surface area contributed by atoms with Crippen molar-refractivity contribution in [1.82, 2.24) is 5.06 Å². The van der Waals surface area contributed by atoms with Gasteiger partial charge in [-0.2, -0.15) is 5.06 Å². The Kier molecular flexibility index (Phi) is 4.20. The fourth-order valence-corrected chi connectivity index (χ4v) is 1.17. The minimum absolute atomic E-state index is 0.379. The molecule has 0 aliphatic heterocycles. The highest BCUT2D eigenvalue weighted by Crippen LogP contribution is 2.17. The lowest BCUT2D eigenvalue weighted by Crippen LogP contribution is -2.20. The number of alkyl halides is 2. The summed E-state index contributed by atoms with van der Waals surface area (Å²) in [6.45, 7) is 0.554. The molecule has 0 aliphatic rings. The second-order valence-electron chi connectivity index (χ2n) is 3.82. The van der Waals surface area contributed by atoms with Gasteiger partial charge in [0, 0.05) is 20.5 Å². The molecule has 5 heteroatoms. The zero-order chi connectivity index (χ0) is 12.2. The van der Waals surface area contributed by atoms with Gasteiger partial charge in [0.1, 0.15) is 5.75 Å². The van der Waals surface area contributed by atoms with Gasteiger partial charge in [-0.1, -0.05) is 12.1 Å². The first-order valence-corrected chi connectivity index (χ1v) is 4.86. The molecule has 0 heterocycles. The van der Waals surface area contributed by atoms with Gasteiger partial charge in [-0.3, -0.25) is 0 Å². The predicted molar refractivity (Wildman–Crippen MR) is 55.8 cm³/mol. The quantitative estimate of drug-likeness (QED) is 0.790. The van der Waals surface area contributed by atoms with E-state index in [1.165, 1.54) is 7.05 Å². The first kappa shape index (κ1) is 12.9. The molecule has 0 unspecified atom stereocenters. The molecule has 3 nitrogen and oxygen atoms in total. The molecule has 16 heavy (non-hydrogen) atoms. The number of nitrogens with zero attached hydrogens (tertiary/aromatic N) is 1. The molecule has 0 aliphatic carbocycles. The molecule has 0 radical (unpaired) electrons. The van der Waals surface area contributed by atoms with Crippen LogP contribution in [0.5, 0.6) is 5.75 Å². The summed E-state index contributed by atoms with van der Waals surface area (Å²) >= 11 is 0. The van der Waals surface area contributed by atoms with Gasteiger partial charge in [-0.05, 0) is 17.7 Å². The predicted octanol–water partition coefficient (Wildman–Crippen LogP) is 2.54. The zero-order valence-corrected chi connectivity index (χ0v) is 9.28. The number of hydrogen-bond donors (Lipinski definition) is 1. The van der Waals surface area contributed by atoms with Gasteiger partial charge < -0.3 is 9.94 Å². The van der Waals surface area contributed by atoms with Crippen LogP contribution in [0.3, 0.4) is 0 Å². The maximum atomic E-state index is 12.5. The number of rotatable bonds is 5. The van der Waals surface area contributed by atoms with Crippen molar-refractivity contribution < 1.29 is 18.7 Å². The Labute approximate surface area is 93.2 Å². The lowest BCUT2D eigenvalue weighted by molar-refractivity contribution is -0.0731. The average molecular weight is 231 g/mol. The Bertz CT molecular complexity index is 320. The van der Waals surface area contributed by atoms with Crippen molar-refractivity contribution >= 4 is 0 Å². The smallest absolute Gasteiger partial charge is 0.278 e. The average Bonchev–Trinajstić information content (AvgIpc) is 2.14. The summed E-state index contributed by atoms with van der Waals surface area (Å²) in [4.78, 5) is 0. The van der Waals surface area contributed by atoms with Crippen molar-refractivity contribution in [3.05, 3.63) is 29.8 Å². The Morgan fingerprint density at radius 1 is 1.31 bits per heavy atom. The minimum atomic E-state index is -2.83.